The van der Waals surface area contributed by atoms with Crippen molar-refractivity contribution in [2.75, 3.05) is 7.05 Å². The number of Topliss-reactive ketones (excluding diaryl/α,β-unsaturated/α-hetero) is 1. The Hall–Kier alpha value is -3.02. The van der Waals surface area contributed by atoms with E-state index in [4.69, 9.17) is 5.11 Å². The molecule has 0 aliphatic carbocycles. The maximum atomic E-state index is 12.0. The molecule has 0 saturated heterocycles. The second-order valence-corrected chi connectivity index (χ2v) is 7.33. The molecule has 3 unspecified atom stereocenters. The maximum Gasteiger partial charge on any atom is 0.326 e. The van der Waals surface area contributed by atoms with Crippen LogP contribution in [0.5, 0.6) is 0 Å². The van der Waals surface area contributed by atoms with E-state index < -0.39 is 47.8 Å². The second kappa shape index (κ2) is 14.1. The third-order valence-electron chi connectivity index (χ3n) is 4.56. The summed E-state index contributed by atoms with van der Waals surface area (Å²) >= 11 is 0. The number of rotatable bonds is 16. The van der Waals surface area contributed by atoms with Crippen molar-refractivity contribution in [3.05, 3.63) is 0 Å². The van der Waals surface area contributed by atoms with E-state index in [0.717, 1.165) is 0 Å². The van der Waals surface area contributed by atoms with E-state index in [1.165, 1.54) is 7.05 Å². The molecule has 176 valence electrons. The Morgan fingerprint density at radius 1 is 0.645 bits per heavy atom. The third kappa shape index (κ3) is 11.7. The van der Waals surface area contributed by atoms with E-state index in [1.807, 2.05) is 0 Å². The van der Waals surface area contributed by atoms with E-state index in [9.17, 15) is 39.0 Å². The van der Waals surface area contributed by atoms with Gasteiger partial charge in [-0.25, -0.2) is 9.59 Å². The van der Waals surface area contributed by atoms with Gasteiger partial charge in [0.25, 0.3) is 0 Å². The fourth-order valence-electron chi connectivity index (χ4n) is 2.57. The van der Waals surface area contributed by atoms with Crippen molar-refractivity contribution in [1.29, 1.82) is 0 Å². The quantitative estimate of drug-likeness (QED) is 0.178. The summed E-state index contributed by atoms with van der Waals surface area (Å²) in [5.41, 5.74) is 0. The van der Waals surface area contributed by atoms with Crippen LogP contribution in [-0.2, 0) is 28.8 Å². The molecule has 0 saturated carbocycles. The van der Waals surface area contributed by atoms with Gasteiger partial charge in [-0.1, -0.05) is 13.8 Å². The lowest BCUT2D eigenvalue weighted by molar-refractivity contribution is -0.143. The Bertz CT molecular complexity index is 679. The zero-order valence-corrected chi connectivity index (χ0v) is 17.8. The number of ketones is 1. The van der Waals surface area contributed by atoms with Gasteiger partial charge in [-0.05, 0) is 26.3 Å². The van der Waals surface area contributed by atoms with Crippen molar-refractivity contribution in [2.45, 2.75) is 70.5 Å². The zero-order chi connectivity index (χ0) is 24.1. The first-order valence-corrected chi connectivity index (χ1v) is 9.86. The van der Waals surface area contributed by atoms with E-state index in [1.54, 1.807) is 13.8 Å². The van der Waals surface area contributed by atoms with Gasteiger partial charge in [0.2, 0.25) is 11.8 Å². The van der Waals surface area contributed by atoms with Gasteiger partial charge < -0.3 is 31.3 Å². The van der Waals surface area contributed by atoms with Crippen LogP contribution in [0.25, 0.3) is 0 Å². The average Bonchev–Trinajstić information content (AvgIpc) is 2.67. The summed E-state index contributed by atoms with van der Waals surface area (Å²) in [6, 6.07) is -3.65. The lowest BCUT2D eigenvalue weighted by atomic mass is 10.0. The lowest BCUT2D eigenvalue weighted by Crippen LogP contribution is -2.44. The van der Waals surface area contributed by atoms with Gasteiger partial charge in [0.05, 0.1) is 0 Å². The monoisotopic (exact) mass is 445 g/mol. The number of likely N-dealkylation sites (N-methyl/N-ethyl adjacent to an activating group) is 1. The van der Waals surface area contributed by atoms with Gasteiger partial charge in [0.1, 0.15) is 23.9 Å². The van der Waals surface area contributed by atoms with E-state index >= 15 is 0 Å². The molecule has 0 heterocycles. The minimum absolute atomic E-state index is 0.0212. The summed E-state index contributed by atoms with van der Waals surface area (Å²) in [5, 5.41) is 34.3. The molecule has 0 aromatic rings. The van der Waals surface area contributed by atoms with E-state index in [0.29, 0.717) is 0 Å². The molecule has 0 spiro atoms. The number of hydrogen-bond donors (Lipinski definition) is 6. The highest BCUT2D eigenvalue weighted by Gasteiger charge is 2.25. The molecular weight excluding hydrogens is 414 g/mol. The second-order valence-electron chi connectivity index (χ2n) is 7.33. The van der Waals surface area contributed by atoms with Crippen molar-refractivity contribution in [3.63, 3.8) is 0 Å². The number of carboxylic acid groups (broad SMARTS) is 3. The molecule has 6 N–H and O–H groups in total. The Balaban J connectivity index is 4.66. The summed E-state index contributed by atoms with van der Waals surface area (Å²) in [5.74, 6) is -5.67. The van der Waals surface area contributed by atoms with Crippen molar-refractivity contribution >= 4 is 35.5 Å². The van der Waals surface area contributed by atoms with Crippen LogP contribution in [0.4, 0.5) is 0 Å². The van der Waals surface area contributed by atoms with Crippen LogP contribution < -0.4 is 16.0 Å². The fraction of sp³-hybridized carbons (Fsp3) is 0.684. The smallest absolute Gasteiger partial charge is 0.326 e. The van der Waals surface area contributed by atoms with Gasteiger partial charge in [-0.3, -0.25) is 19.2 Å². The SMILES string of the molecule is CNC(CCC(=O)NC(CCC(=O)NC(CCC(=O)C(C)C)C(=O)O)C(=O)O)C(=O)O. The highest BCUT2D eigenvalue weighted by molar-refractivity contribution is 5.87. The first-order valence-electron chi connectivity index (χ1n) is 9.86. The van der Waals surface area contributed by atoms with Crippen LogP contribution in [-0.4, -0.2) is 76.0 Å². The van der Waals surface area contributed by atoms with Crippen LogP contribution >= 0.6 is 0 Å². The van der Waals surface area contributed by atoms with Crippen LogP contribution in [0, 0.1) is 5.92 Å². The number of carbonyl (C=O) groups excluding carboxylic acids is 3. The lowest BCUT2D eigenvalue weighted by Gasteiger charge is -2.17. The molecule has 0 aliphatic heterocycles. The largest absolute Gasteiger partial charge is 0.480 e. The molecule has 0 radical (unpaired) electrons. The molecule has 3 atom stereocenters. The molecule has 0 bridgehead atoms. The van der Waals surface area contributed by atoms with Gasteiger partial charge >= 0.3 is 17.9 Å². The third-order valence-corrected chi connectivity index (χ3v) is 4.56. The van der Waals surface area contributed by atoms with E-state index in [-0.39, 0.29) is 50.2 Å². The summed E-state index contributed by atoms with van der Waals surface area (Å²) in [6.45, 7) is 3.36. The van der Waals surface area contributed by atoms with Gasteiger partial charge in [-0.15, -0.1) is 0 Å². The minimum atomic E-state index is -1.40. The van der Waals surface area contributed by atoms with Crippen molar-refractivity contribution < 1.29 is 44.1 Å². The molecule has 12 heteroatoms. The first kappa shape index (κ1) is 28.0. The van der Waals surface area contributed by atoms with Crippen molar-refractivity contribution in [2.24, 2.45) is 5.92 Å². The molecule has 0 aromatic heterocycles. The molecule has 0 fully saturated rings. The van der Waals surface area contributed by atoms with E-state index in [2.05, 4.69) is 16.0 Å². The Morgan fingerprint density at radius 2 is 1.00 bits per heavy atom. The molecule has 2 amide bonds. The summed E-state index contributed by atoms with van der Waals surface area (Å²) in [6.07, 6.45) is -1.06. The highest BCUT2D eigenvalue weighted by atomic mass is 16.4. The fourth-order valence-corrected chi connectivity index (χ4v) is 2.57. The maximum absolute atomic E-state index is 12.0. The molecule has 31 heavy (non-hydrogen) atoms. The van der Waals surface area contributed by atoms with Gasteiger partial charge in [0, 0.05) is 25.2 Å². The number of carboxylic acids is 3. The number of amides is 2. The first-order chi connectivity index (χ1) is 14.4. The topological polar surface area (TPSA) is 199 Å². The Labute approximate surface area is 179 Å². The number of nitrogens with one attached hydrogen (secondary N) is 3. The molecular formula is C19H31N3O9. The normalized spacial score (nSPS) is 13.7. The summed E-state index contributed by atoms with van der Waals surface area (Å²) < 4.78 is 0. The number of aliphatic carboxylic acids is 3. The predicted octanol–water partition coefficient (Wildman–Crippen LogP) is -0.636. The molecule has 0 aromatic carbocycles. The predicted molar refractivity (Wildman–Crippen MR) is 107 cm³/mol. The van der Waals surface area contributed by atoms with Crippen LogP contribution in [0.1, 0.15) is 52.4 Å². The van der Waals surface area contributed by atoms with Crippen molar-refractivity contribution in [3.8, 4) is 0 Å². The van der Waals surface area contributed by atoms with Crippen LogP contribution in [0.15, 0.2) is 0 Å². The van der Waals surface area contributed by atoms with Crippen molar-refractivity contribution in [1.82, 2.24) is 16.0 Å². The zero-order valence-electron chi connectivity index (χ0n) is 17.8. The highest BCUT2D eigenvalue weighted by Crippen LogP contribution is 2.07. The van der Waals surface area contributed by atoms with Crippen LogP contribution in [0.2, 0.25) is 0 Å². The minimum Gasteiger partial charge on any atom is -0.480 e. The summed E-state index contributed by atoms with van der Waals surface area (Å²) in [4.78, 5) is 69.1. The van der Waals surface area contributed by atoms with Crippen LogP contribution in [0.3, 0.4) is 0 Å². The number of hydrogen-bond acceptors (Lipinski definition) is 7. The Morgan fingerprint density at radius 3 is 1.32 bits per heavy atom. The summed E-state index contributed by atoms with van der Waals surface area (Å²) in [7, 11) is 1.42. The molecule has 0 rings (SSSR count). The average molecular weight is 445 g/mol. The standard InChI is InChI=1S/C19H31N3O9/c1-10(2)14(23)7-4-12(18(28)29)21-16(25)9-6-13(19(30)31)22-15(24)8-5-11(20-3)17(26)27/h10-13,20H,4-9H2,1-3H3,(H,21,25)(H,22,24)(H,26,27)(H,28,29)(H,30,31). The van der Waals surface area contributed by atoms with Gasteiger partial charge in [-0.2, -0.15) is 0 Å². The van der Waals surface area contributed by atoms with Gasteiger partial charge in [0.15, 0.2) is 0 Å². The molecule has 12 nitrogen and oxygen atoms in total. The number of carbonyl (C=O) groups is 6. The molecule has 0 aliphatic rings. The Kier molecular flexibility index (Phi) is 12.7.